The fourth-order valence-corrected chi connectivity index (χ4v) is 3.55. The van der Waals surface area contributed by atoms with E-state index in [0.717, 1.165) is 21.5 Å². The second-order valence-electron chi connectivity index (χ2n) is 7.65. The van der Waals surface area contributed by atoms with E-state index in [9.17, 15) is 14.0 Å². The number of amides is 1. The number of fused-ring (bicyclic) bond motifs is 3. The standard InChI is InChI=1S/C23H19FN6O2/c1-14-3-4-16(11-15(14)2)19-12-20-22-27-30(23(32)28(22)9-10-29(20)26-19)13-21(31)25-18-7-5-17(24)6-8-18/h3-12H,13H2,1-2H3,(H,25,31). The monoisotopic (exact) mass is 430 g/mol. The van der Waals surface area contributed by atoms with Gasteiger partial charge in [-0.2, -0.15) is 5.10 Å². The van der Waals surface area contributed by atoms with Gasteiger partial charge in [-0.3, -0.25) is 4.79 Å². The van der Waals surface area contributed by atoms with E-state index in [2.05, 4.69) is 28.5 Å². The molecule has 1 N–H and O–H groups in total. The number of nitrogens with zero attached hydrogens (tertiary/aromatic N) is 5. The van der Waals surface area contributed by atoms with E-state index in [0.29, 0.717) is 16.9 Å². The number of benzene rings is 2. The van der Waals surface area contributed by atoms with Gasteiger partial charge in [-0.15, -0.1) is 5.10 Å². The summed E-state index contributed by atoms with van der Waals surface area (Å²) >= 11 is 0. The number of carbonyl (C=O) groups excluding carboxylic acids is 1. The molecule has 0 aliphatic carbocycles. The Balaban J connectivity index is 1.49. The molecule has 0 aliphatic heterocycles. The number of anilines is 1. The lowest BCUT2D eigenvalue weighted by molar-refractivity contribution is -0.117. The summed E-state index contributed by atoms with van der Waals surface area (Å²) in [5, 5.41) is 11.6. The van der Waals surface area contributed by atoms with Crippen molar-refractivity contribution in [2.45, 2.75) is 20.4 Å². The van der Waals surface area contributed by atoms with Crippen LogP contribution in [0.2, 0.25) is 0 Å². The van der Waals surface area contributed by atoms with Gasteiger partial charge < -0.3 is 5.32 Å². The molecule has 3 aromatic heterocycles. The van der Waals surface area contributed by atoms with Gasteiger partial charge >= 0.3 is 5.69 Å². The van der Waals surface area contributed by atoms with Crippen molar-refractivity contribution in [3.8, 4) is 11.3 Å². The molecule has 32 heavy (non-hydrogen) atoms. The minimum atomic E-state index is -0.442. The average Bonchev–Trinajstić information content (AvgIpc) is 3.33. The molecule has 5 rings (SSSR count). The van der Waals surface area contributed by atoms with Gasteiger partial charge in [0, 0.05) is 23.6 Å². The van der Waals surface area contributed by atoms with Crippen molar-refractivity contribution in [1.29, 1.82) is 0 Å². The van der Waals surface area contributed by atoms with Crippen molar-refractivity contribution >= 4 is 22.8 Å². The van der Waals surface area contributed by atoms with Gasteiger partial charge in [-0.1, -0.05) is 12.1 Å². The molecule has 0 spiro atoms. The third-order valence-corrected chi connectivity index (χ3v) is 5.42. The summed E-state index contributed by atoms with van der Waals surface area (Å²) in [6.45, 7) is 3.82. The van der Waals surface area contributed by atoms with Gasteiger partial charge in [0.05, 0.1) is 5.69 Å². The Bertz CT molecular complexity index is 1550. The first-order chi connectivity index (χ1) is 15.4. The van der Waals surface area contributed by atoms with E-state index in [1.54, 1.807) is 16.9 Å². The molecule has 160 valence electrons. The van der Waals surface area contributed by atoms with Crippen LogP contribution in [0.3, 0.4) is 0 Å². The number of hydrogen-bond acceptors (Lipinski definition) is 4. The summed E-state index contributed by atoms with van der Waals surface area (Å²) in [6, 6.07) is 13.4. The fraction of sp³-hybridized carbons (Fsp3) is 0.130. The molecule has 2 aromatic carbocycles. The fourth-order valence-electron chi connectivity index (χ4n) is 3.55. The van der Waals surface area contributed by atoms with Gasteiger partial charge in [-0.05, 0) is 61.4 Å². The Morgan fingerprint density at radius 1 is 1.00 bits per heavy atom. The van der Waals surface area contributed by atoms with Crippen molar-refractivity contribution in [1.82, 2.24) is 23.8 Å². The van der Waals surface area contributed by atoms with E-state index in [1.165, 1.54) is 34.2 Å². The van der Waals surface area contributed by atoms with Crippen molar-refractivity contribution in [3.63, 3.8) is 0 Å². The molecule has 0 saturated carbocycles. The quantitative estimate of drug-likeness (QED) is 0.475. The third-order valence-electron chi connectivity index (χ3n) is 5.42. The highest BCUT2D eigenvalue weighted by Crippen LogP contribution is 2.23. The maximum atomic E-state index is 13.0. The molecule has 1 amide bonds. The normalized spacial score (nSPS) is 11.3. The topological polar surface area (TPSA) is 85.7 Å². The van der Waals surface area contributed by atoms with Crippen LogP contribution >= 0.6 is 0 Å². The number of carbonyl (C=O) groups is 1. The predicted octanol–water partition coefficient (Wildman–Crippen LogP) is 3.21. The van der Waals surface area contributed by atoms with Crippen molar-refractivity contribution < 1.29 is 9.18 Å². The number of aryl methyl sites for hydroxylation is 2. The summed E-state index contributed by atoms with van der Waals surface area (Å²) in [7, 11) is 0. The lowest BCUT2D eigenvalue weighted by Crippen LogP contribution is -2.28. The second-order valence-corrected chi connectivity index (χ2v) is 7.65. The average molecular weight is 430 g/mol. The Morgan fingerprint density at radius 3 is 2.53 bits per heavy atom. The highest BCUT2D eigenvalue weighted by Gasteiger charge is 2.15. The van der Waals surface area contributed by atoms with Crippen LogP contribution in [0.5, 0.6) is 0 Å². The van der Waals surface area contributed by atoms with Gasteiger partial charge in [0.2, 0.25) is 5.91 Å². The van der Waals surface area contributed by atoms with E-state index >= 15 is 0 Å². The molecule has 0 saturated heterocycles. The van der Waals surface area contributed by atoms with Crippen LogP contribution in [0.4, 0.5) is 10.1 Å². The Labute approximate surface area is 181 Å². The molecular formula is C23H19FN6O2. The molecule has 9 heteroatoms. The van der Waals surface area contributed by atoms with Gasteiger partial charge in [0.25, 0.3) is 0 Å². The van der Waals surface area contributed by atoms with Crippen LogP contribution in [0.25, 0.3) is 22.4 Å². The number of halogens is 1. The molecule has 0 atom stereocenters. The van der Waals surface area contributed by atoms with Gasteiger partial charge in [0.15, 0.2) is 5.65 Å². The maximum Gasteiger partial charge on any atom is 0.350 e. The van der Waals surface area contributed by atoms with Crippen molar-refractivity contribution in [2.24, 2.45) is 0 Å². The van der Waals surface area contributed by atoms with Crippen LogP contribution in [-0.2, 0) is 11.3 Å². The zero-order valence-corrected chi connectivity index (χ0v) is 17.4. The minimum Gasteiger partial charge on any atom is -0.324 e. The first kappa shape index (κ1) is 19.7. The summed E-state index contributed by atoms with van der Waals surface area (Å²) in [5.74, 6) is -0.841. The van der Waals surface area contributed by atoms with Crippen LogP contribution in [0.15, 0.2) is 65.7 Å². The van der Waals surface area contributed by atoms with Crippen molar-refractivity contribution in [3.05, 3.63) is 88.4 Å². The zero-order chi connectivity index (χ0) is 22.4. The smallest absolute Gasteiger partial charge is 0.324 e. The highest BCUT2D eigenvalue weighted by molar-refractivity contribution is 5.90. The van der Waals surface area contributed by atoms with E-state index < -0.39 is 17.4 Å². The van der Waals surface area contributed by atoms with Gasteiger partial charge in [-0.25, -0.2) is 22.8 Å². The molecule has 0 fully saturated rings. The van der Waals surface area contributed by atoms with Gasteiger partial charge in [0.1, 0.15) is 17.9 Å². The second kappa shape index (κ2) is 7.45. The van der Waals surface area contributed by atoms with Crippen molar-refractivity contribution in [2.75, 3.05) is 5.32 Å². The Morgan fingerprint density at radius 2 is 1.78 bits per heavy atom. The summed E-state index contributed by atoms with van der Waals surface area (Å²) < 4.78 is 17.2. The molecule has 5 aromatic rings. The lowest BCUT2D eigenvalue weighted by atomic mass is 10.0. The first-order valence-corrected chi connectivity index (χ1v) is 10.00. The number of aromatic nitrogens is 5. The Kier molecular flexibility index (Phi) is 4.58. The summed E-state index contributed by atoms with van der Waals surface area (Å²) in [5.41, 5.74) is 5.13. The number of hydrogen-bond donors (Lipinski definition) is 1. The molecule has 0 radical (unpaired) electrons. The maximum absolute atomic E-state index is 13.0. The molecule has 0 unspecified atom stereocenters. The minimum absolute atomic E-state index is 0.276. The summed E-state index contributed by atoms with van der Waals surface area (Å²) in [4.78, 5) is 25.1. The SMILES string of the molecule is Cc1ccc(-c2cc3c4nn(CC(=O)Nc5ccc(F)cc5)c(=O)n4ccn3n2)cc1C. The number of nitrogens with one attached hydrogen (secondary N) is 1. The largest absolute Gasteiger partial charge is 0.350 e. The molecule has 8 nitrogen and oxygen atoms in total. The van der Waals surface area contributed by atoms with E-state index in [-0.39, 0.29) is 6.54 Å². The highest BCUT2D eigenvalue weighted by atomic mass is 19.1. The third kappa shape index (κ3) is 3.43. The molecule has 0 bridgehead atoms. The molecule has 0 aliphatic rings. The van der Waals surface area contributed by atoms with Crippen LogP contribution in [-0.4, -0.2) is 29.7 Å². The number of rotatable bonds is 4. The predicted molar refractivity (Wildman–Crippen MR) is 118 cm³/mol. The van der Waals surface area contributed by atoms with Crippen LogP contribution < -0.4 is 11.0 Å². The molecule has 3 heterocycles. The summed E-state index contributed by atoms with van der Waals surface area (Å²) in [6.07, 6.45) is 3.25. The lowest BCUT2D eigenvalue weighted by Gasteiger charge is -2.04. The van der Waals surface area contributed by atoms with E-state index in [1.807, 2.05) is 25.1 Å². The first-order valence-electron chi connectivity index (χ1n) is 10.00. The Hall–Kier alpha value is -4.27. The van der Waals surface area contributed by atoms with E-state index in [4.69, 9.17) is 0 Å². The molecular weight excluding hydrogens is 411 g/mol. The van der Waals surface area contributed by atoms with Crippen LogP contribution in [0.1, 0.15) is 11.1 Å². The zero-order valence-electron chi connectivity index (χ0n) is 17.4. The van der Waals surface area contributed by atoms with Crippen LogP contribution in [0, 0.1) is 19.7 Å².